The predicted molar refractivity (Wildman–Crippen MR) is 73.1 cm³/mol. The molecule has 0 aliphatic carbocycles. The fourth-order valence-corrected chi connectivity index (χ4v) is 2.00. The van der Waals surface area contributed by atoms with Crippen molar-refractivity contribution in [3.63, 3.8) is 0 Å². The van der Waals surface area contributed by atoms with Crippen molar-refractivity contribution >= 4 is 17.6 Å². The first-order valence-corrected chi connectivity index (χ1v) is 6.74. The Morgan fingerprint density at radius 3 is 2.58 bits per heavy atom. The SMILES string of the molecule is CCC(C)C(=O)Oc1ccc(N2CCCC2=O)cc1. The molecule has 4 heteroatoms. The fraction of sp³-hybridized carbons (Fsp3) is 0.467. The molecule has 102 valence electrons. The van der Waals surface area contributed by atoms with E-state index in [1.54, 1.807) is 17.0 Å². The third-order valence-corrected chi connectivity index (χ3v) is 3.45. The summed E-state index contributed by atoms with van der Waals surface area (Å²) in [5, 5.41) is 0. The lowest BCUT2D eigenvalue weighted by atomic mass is 10.1. The fourth-order valence-electron chi connectivity index (χ4n) is 2.00. The van der Waals surface area contributed by atoms with Gasteiger partial charge >= 0.3 is 5.97 Å². The molecule has 0 aromatic heterocycles. The summed E-state index contributed by atoms with van der Waals surface area (Å²) in [7, 11) is 0. The molecule has 2 rings (SSSR count). The molecule has 0 spiro atoms. The van der Waals surface area contributed by atoms with Crippen LogP contribution in [0.15, 0.2) is 24.3 Å². The number of amides is 1. The van der Waals surface area contributed by atoms with Crippen LogP contribution in [-0.2, 0) is 9.59 Å². The average Bonchev–Trinajstić information content (AvgIpc) is 2.85. The van der Waals surface area contributed by atoms with E-state index in [0.29, 0.717) is 12.2 Å². The van der Waals surface area contributed by atoms with Gasteiger partial charge in [0.1, 0.15) is 5.75 Å². The summed E-state index contributed by atoms with van der Waals surface area (Å²) in [5.41, 5.74) is 0.867. The van der Waals surface area contributed by atoms with Crippen LogP contribution < -0.4 is 9.64 Å². The summed E-state index contributed by atoms with van der Waals surface area (Å²) >= 11 is 0. The molecule has 1 aliphatic heterocycles. The number of carbonyl (C=O) groups is 2. The van der Waals surface area contributed by atoms with Gasteiger partial charge in [-0.2, -0.15) is 0 Å². The number of carbonyl (C=O) groups excluding carboxylic acids is 2. The summed E-state index contributed by atoms with van der Waals surface area (Å²) in [4.78, 5) is 25.0. The topological polar surface area (TPSA) is 46.6 Å². The van der Waals surface area contributed by atoms with Crippen molar-refractivity contribution in [1.29, 1.82) is 0 Å². The molecule has 1 saturated heterocycles. The zero-order chi connectivity index (χ0) is 13.8. The summed E-state index contributed by atoms with van der Waals surface area (Å²) in [5.74, 6) is 0.373. The molecule has 1 aromatic carbocycles. The van der Waals surface area contributed by atoms with Crippen LogP contribution in [0.2, 0.25) is 0 Å². The van der Waals surface area contributed by atoms with Crippen molar-refractivity contribution in [3.05, 3.63) is 24.3 Å². The van der Waals surface area contributed by atoms with E-state index in [9.17, 15) is 9.59 Å². The highest BCUT2D eigenvalue weighted by Crippen LogP contribution is 2.24. The maximum absolute atomic E-state index is 11.6. The molecule has 1 amide bonds. The molecule has 0 saturated carbocycles. The second-order valence-electron chi connectivity index (χ2n) is 4.87. The number of ether oxygens (including phenoxy) is 1. The summed E-state index contributed by atoms with van der Waals surface area (Å²) < 4.78 is 5.27. The van der Waals surface area contributed by atoms with Crippen molar-refractivity contribution < 1.29 is 14.3 Å². The molecular weight excluding hydrogens is 242 g/mol. The van der Waals surface area contributed by atoms with Gasteiger partial charge in [-0.1, -0.05) is 13.8 Å². The molecule has 1 aliphatic rings. The molecule has 0 radical (unpaired) electrons. The van der Waals surface area contributed by atoms with E-state index >= 15 is 0 Å². The first kappa shape index (κ1) is 13.6. The van der Waals surface area contributed by atoms with E-state index in [0.717, 1.165) is 25.1 Å². The van der Waals surface area contributed by atoms with Crippen LogP contribution in [0.1, 0.15) is 33.1 Å². The second-order valence-corrected chi connectivity index (χ2v) is 4.87. The van der Waals surface area contributed by atoms with Crippen LogP contribution in [-0.4, -0.2) is 18.4 Å². The Balaban J connectivity index is 2.02. The zero-order valence-electron chi connectivity index (χ0n) is 11.4. The Labute approximate surface area is 113 Å². The standard InChI is InChI=1S/C15H19NO3/c1-3-11(2)15(18)19-13-8-6-12(7-9-13)16-10-4-5-14(16)17/h6-9,11H,3-5,10H2,1-2H3. The molecular formula is C15H19NO3. The normalized spacial score (nSPS) is 16.5. The van der Waals surface area contributed by atoms with E-state index in [-0.39, 0.29) is 17.8 Å². The molecule has 4 nitrogen and oxygen atoms in total. The summed E-state index contributed by atoms with van der Waals surface area (Å²) in [6, 6.07) is 7.12. The van der Waals surface area contributed by atoms with Gasteiger partial charge in [-0.25, -0.2) is 0 Å². The quantitative estimate of drug-likeness (QED) is 0.618. The Kier molecular flexibility index (Phi) is 4.20. The van der Waals surface area contributed by atoms with Gasteiger partial charge in [0.2, 0.25) is 5.91 Å². The largest absolute Gasteiger partial charge is 0.426 e. The van der Waals surface area contributed by atoms with Gasteiger partial charge in [0, 0.05) is 18.7 Å². The Morgan fingerprint density at radius 1 is 1.37 bits per heavy atom. The van der Waals surface area contributed by atoms with Gasteiger partial charge < -0.3 is 9.64 Å². The Hall–Kier alpha value is -1.84. The number of hydrogen-bond acceptors (Lipinski definition) is 3. The highest BCUT2D eigenvalue weighted by molar-refractivity contribution is 5.95. The minimum Gasteiger partial charge on any atom is -0.426 e. The van der Waals surface area contributed by atoms with Crippen LogP contribution in [0.4, 0.5) is 5.69 Å². The molecule has 1 atom stereocenters. The molecule has 1 heterocycles. The lowest BCUT2D eigenvalue weighted by molar-refractivity contribution is -0.138. The second kappa shape index (κ2) is 5.87. The number of benzene rings is 1. The number of esters is 1. The highest BCUT2D eigenvalue weighted by Gasteiger charge is 2.21. The molecule has 1 fully saturated rings. The highest BCUT2D eigenvalue weighted by atomic mass is 16.5. The van der Waals surface area contributed by atoms with Crippen LogP contribution in [0, 0.1) is 5.92 Å². The minimum absolute atomic E-state index is 0.0974. The Morgan fingerprint density at radius 2 is 2.05 bits per heavy atom. The monoisotopic (exact) mass is 261 g/mol. The minimum atomic E-state index is -0.215. The van der Waals surface area contributed by atoms with E-state index in [4.69, 9.17) is 4.74 Å². The van der Waals surface area contributed by atoms with Crippen LogP contribution in [0.3, 0.4) is 0 Å². The van der Waals surface area contributed by atoms with Crippen molar-refractivity contribution in [1.82, 2.24) is 0 Å². The maximum Gasteiger partial charge on any atom is 0.314 e. The van der Waals surface area contributed by atoms with Crippen LogP contribution in [0.25, 0.3) is 0 Å². The molecule has 0 N–H and O–H groups in total. The number of nitrogens with zero attached hydrogens (tertiary/aromatic N) is 1. The van der Waals surface area contributed by atoms with Crippen molar-refractivity contribution in [2.45, 2.75) is 33.1 Å². The van der Waals surface area contributed by atoms with E-state index < -0.39 is 0 Å². The van der Waals surface area contributed by atoms with Crippen LogP contribution >= 0.6 is 0 Å². The van der Waals surface area contributed by atoms with Crippen molar-refractivity contribution in [3.8, 4) is 5.75 Å². The number of rotatable bonds is 4. The smallest absolute Gasteiger partial charge is 0.314 e. The van der Waals surface area contributed by atoms with E-state index in [1.165, 1.54) is 0 Å². The first-order chi connectivity index (χ1) is 9.11. The van der Waals surface area contributed by atoms with E-state index in [1.807, 2.05) is 26.0 Å². The van der Waals surface area contributed by atoms with Crippen molar-refractivity contribution in [2.75, 3.05) is 11.4 Å². The third kappa shape index (κ3) is 3.13. The predicted octanol–water partition coefficient (Wildman–Crippen LogP) is 2.76. The van der Waals surface area contributed by atoms with Gasteiger partial charge in [0.25, 0.3) is 0 Å². The lowest BCUT2D eigenvalue weighted by Gasteiger charge is -2.16. The molecule has 1 unspecified atom stereocenters. The summed E-state index contributed by atoms with van der Waals surface area (Å²) in [6.45, 7) is 4.57. The lowest BCUT2D eigenvalue weighted by Crippen LogP contribution is -2.23. The van der Waals surface area contributed by atoms with Gasteiger partial charge in [0.15, 0.2) is 0 Å². The molecule has 19 heavy (non-hydrogen) atoms. The Bertz CT molecular complexity index is 467. The third-order valence-electron chi connectivity index (χ3n) is 3.45. The molecule has 1 aromatic rings. The van der Waals surface area contributed by atoms with Gasteiger partial charge in [0.05, 0.1) is 5.92 Å². The zero-order valence-corrected chi connectivity index (χ0v) is 11.4. The maximum atomic E-state index is 11.6. The van der Waals surface area contributed by atoms with Crippen LogP contribution in [0.5, 0.6) is 5.75 Å². The first-order valence-electron chi connectivity index (χ1n) is 6.74. The summed E-state index contributed by atoms with van der Waals surface area (Å²) in [6.07, 6.45) is 2.29. The average molecular weight is 261 g/mol. The molecule has 0 bridgehead atoms. The van der Waals surface area contributed by atoms with Crippen molar-refractivity contribution in [2.24, 2.45) is 5.92 Å². The number of hydrogen-bond donors (Lipinski definition) is 0. The van der Waals surface area contributed by atoms with Gasteiger partial charge in [-0.3, -0.25) is 9.59 Å². The van der Waals surface area contributed by atoms with E-state index in [2.05, 4.69) is 0 Å². The van der Waals surface area contributed by atoms with Gasteiger partial charge in [-0.15, -0.1) is 0 Å². The van der Waals surface area contributed by atoms with Gasteiger partial charge in [-0.05, 0) is 37.1 Å². The number of anilines is 1.